The third-order valence-electron chi connectivity index (χ3n) is 2.74. The van der Waals surface area contributed by atoms with E-state index in [4.69, 9.17) is 4.74 Å². The van der Waals surface area contributed by atoms with Gasteiger partial charge in [-0.15, -0.1) is 0 Å². The van der Waals surface area contributed by atoms with Gasteiger partial charge in [0.05, 0.1) is 0 Å². The minimum atomic E-state index is -1.85. The van der Waals surface area contributed by atoms with E-state index in [-0.39, 0.29) is 0 Å². The predicted molar refractivity (Wildman–Crippen MR) is 54.1 cm³/mol. The fourth-order valence-corrected chi connectivity index (χ4v) is 1.74. The Morgan fingerprint density at radius 1 is 1.47 bits per heavy atom. The van der Waals surface area contributed by atoms with Crippen LogP contribution in [0.15, 0.2) is 21.9 Å². The van der Waals surface area contributed by atoms with Gasteiger partial charge in [-0.25, -0.2) is 4.79 Å². The van der Waals surface area contributed by atoms with Crippen LogP contribution in [-0.2, 0) is 4.74 Å². The molecule has 1 aromatic heterocycles. The van der Waals surface area contributed by atoms with Gasteiger partial charge in [0.1, 0.15) is 11.7 Å². The largest absolute Gasteiger partial charge is 0.385 e. The Hall–Kier alpha value is -1.48. The molecule has 1 unspecified atom stereocenters. The van der Waals surface area contributed by atoms with Crippen molar-refractivity contribution in [3.8, 4) is 0 Å². The summed E-state index contributed by atoms with van der Waals surface area (Å²) in [5.41, 5.74) is -3.24. The minimum absolute atomic E-state index is 0.593. The lowest BCUT2D eigenvalue weighted by Crippen LogP contribution is -2.46. The van der Waals surface area contributed by atoms with E-state index >= 15 is 0 Å². The molecule has 1 aromatic rings. The number of aliphatic hydroxyl groups excluding tert-OH is 2. The maximum atomic E-state index is 11.5. The van der Waals surface area contributed by atoms with Gasteiger partial charge in [-0.1, -0.05) is 0 Å². The highest BCUT2D eigenvalue weighted by atomic mass is 16.7. The summed E-state index contributed by atoms with van der Waals surface area (Å²) in [6, 6.07) is 1.07. The fraction of sp³-hybridized carbons (Fsp3) is 0.556. The van der Waals surface area contributed by atoms with Crippen LogP contribution in [0.25, 0.3) is 0 Å². The van der Waals surface area contributed by atoms with E-state index in [0.717, 1.165) is 16.8 Å². The first-order valence-corrected chi connectivity index (χ1v) is 4.89. The molecule has 0 aromatic carbocycles. The summed E-state index contributed by atoms with van der Waals surface area (Å²) in [4.78, 5) is 24.3. The number of hydrogen-bond donors (Lipinski definition) is 4. The van der Waals surface area contributed by atoms with Crippen molar-refractivity contribution in [1.29, 1.82) is 0 Å². The van der Waals surface area contributed by atoms with Gasteiger partial charge < -0.3 is 20.1 Å². The van der Waals surface area contributed by atoms with Crippen molar-refractivity contribution in [2.45, 2.75) is 31.1 Å². The van der Waals surface area contributed by atoms with Gasteiger partial charge in [0.25, 0.3) is 5.56 Å². The molecule has 0 radical (unpaired) electrons. The highest BCUT2D eigenvalue weighted by Gasteiger charge is 2.53. The summed E-state index contributed by atoms with van der Waals surface area (Å²) >= 11 is 0. The van der Waals surface area contributed by atoms with Crippen LogP contribution >= 0.6 is 0 Å². The highest BCUT2D eigenvalue weighted by molar-refractivity contribution is 4.98. The molecule has 0 saturated carbocycles. The molecule has 8 heteroatoms. The molecule has 1 saturated heterocycles. The Bertz CT molecular complexity index is 533. The Kier molecular flexibility index (Phi) is 2.66. The van der Waals surface area contributed by atoms with Crippen LogP contribution in [-0.4, -0.2) is 42.9 Å². The van der Waals surface area contributed by atoms with Crippen LogP contribution in [0.3, 0.4) is 0 Å². The van der Waals surface area contributed by atoms with Crippen LogP contribution in [0.4, 0.5) is 0 Å². The third-order valence-corrected chi connectivity index (χ3v) is 2.74. The summed E-state index contributed by atoms with van der Waals surface area (Å²) in [5, 5.41) is 28.7. The SMILES string of the molecule is C[C@@]1(O)[C@H](O)C(O)O[C@H]1n1ccc(=O)[nH]c1=O. The maximum absolute atomic E-state index is 11.5. The molecule has 17 heavy (non-hydrogen) atoms. The zero-order chi connectivity index (χ0) is 12.8. The van der Waals surface area contributed by atoms with Gasteiger partial charge >= 0.3 is 5.69 Å². The Labute approximate surface area is 94.7 Å². The molecule has 94 valence electrons. The van der Waals surface area contributed by atoms with Gasteiger partial charge in [-0.3, -0.25) is 14.3 Å². The van der Waals surface area contributed by atoms with Crippen LogP contribution in [0.2, 0.25) is 0 Å². The molecule has 0 aliphatic carbocycles. The van der Waals surface area contributed by atoms with E-state index in [1.54, 1.807) is 0 Å². The second-order valence-corrected chi connectivity index (χ2v) is 4.07. The lowest BCUT2D eigenvalue weighted by atomic mass is 9.99. The average Bonchev–Trinajstić information content (AvgIpc) is 2.43. The number of ether oxygens (including phenoxy) is 1. The number of nitrogens with zero attached hydrogens (tertiary/aromatic N) is 1. The molecule has 0 amide bonds. The molecular formula is C9H12N2O6. The first-order chi connectivity index (χ1) is 7.84. The monoisotopic (exact) mass is 244 g/mol. The van der Waals surface area contributed by atoms with Crippen LogP contribution in [0, 0.1) is 0 Å². The topological polar surface area (TPSA) is 125 Å². The summed E-state index contributed by atoms with van der Waals surface area (Å²) in [5.74, 6) is 0. The normalized spacial score (nSPS) is 37.3. The molecule has 1 aliphatic rings. The number of nitrogens with one attached hydrogen (secondary N) is 1. The third kappa shape index (κ3) is 1.80. The number of aliphatic hydroxyl groups is 3. The number of rotatable bonds is 1. The van der Waals surface area contributed by atoms with Crippen molar-refractivity contribution in [3.05, 3.63) is 33.1 Å². The standard InChI is InChI=1S/C9H12N2O6/c1-9(16)5(13)6(14)17-7(9)11-3-2-4(12)10-8(11)15/h2-3,5-7,13-14,16H,1H3,(H,10,12,15)/t5-,6?,7-,9-/m1/s1. The van der Waals surface area contributed by atoms with Crippen LogP contribution in [0.1, 0.15) is 13.2 Å². The van der Waals surface area contributed by atoms with E-state index in [0.29, 0.717) is 0 Å². The predicted octanol–water partition coefficient (Wildman–Crippen LogP) is -2.50. The summed E-state index contributed by atoms with van der Waals surface area (Å²) in [6.45, 7) is 1.22. The van der Waals surface area contributed by atoms with Crippen molar-refractivity contribution in [3.63, 3.8) is 0 Å². The number of aromatic amines is 1. The van der Waals surface area contributed by atoms with E-state index in [1.807, 2.05) is 4.98 Å². The summed E-state index contributed by atoms with van der Waals surface area (Å²) in [7, 11) is 0. The van der Waals surface area contributed by atoms with Gasteiger partial charge in [-0.2, -0.15) is 0 Å². The van der Waals surface area contributed by atoms with Gasteiger partial charge in [0.2, 0.25) is 0 Å². The zero-order valence-electron chi connectivity index (χ0n) is 8.90. The molecule has 4 atom stereocenters. The average molecular weight is 244 g/mol. The van der Waals surface area contributed by atoms with Crippen molar-refractivity contribution in [2.24, 2.45) is 0 Å². The van der Waals surface area contributed by atoms with Gasteiger partial charge in [0, 0.05) is 12.3 Å². The van der Waals surface area contributed by atoms with E-state index < -0.39 is 35.5 Å². The maximum Gasteiger partial charge on any atom is 0.330 e. The molecule has 0 spiro atoms. The van der Waals surface area contributed by atoms with E-state index in [1.165, 1.54) is 6.92 Å². The Morgan fingerprint density at radius 3 is 2.59 bits per heavy atom. The molecule has 1 aliphatic heterocycles. The number of aromatic nitrogens is 2. The lowest BCUT2D eigenvalue weighted by molar-refractivity contribution is -0.143. The zero-order valence-corrected chi connectivity index (χ0v) is 8.90. The molecular weight excluding hydrogens is 232 g/mol. The first kappa shape index (κ1) is 12.0. The number of H-pyrrole nitrogens is 1. The summed E-state index contributed by atoms with van der Waals surface area (Å²) < 4.78 is 5.78. The molecule has 2 heterocycles. The van der Waals surface area contributed by atoms with Crippen molar-refractivity contribution >= 4 is 0 Å². The van der Waals surface area contributed by atoms with Crippen molar-refractivity contribution < 1.29 is 20.1 Å². The van der Waals surface area contributed by atoms with E-state index in [2.05, 4.69) is 0 Å². The quantitative estimate of drug-likeness (QED) is 0.432. The number of hydrogen-bond acceptors (Lipinski definition) is 6. The van der Waals surface area contributed by atoms with Crippen LogP contribution in [0.5, 0.6) is 0 Å². The Morgan fingerprint density at radius 2 is 2.12 bits per heavy atom. The highest BCUT2D eigenvalue weighted by Crippen LogP contribution is 2.36. The molecule has 2 rings (SSSR count). The fourth-order valence-electron chi connectivity index (χ4n) is 1.74. The van der Waals surface area contributed by atoms with Crippen LogP contribution < -0.4 is 11.2 Å². The second kappa shape index (κ2) is 3.77. The van der Waals surface area contributed by atoms with Gasteiger partial charge in [0.15, 0.2) is 12.5 Å². The minimum Gasteiger partial charge on any atom is -0.385 e. The van der Waals surface area contributed by atoms with E-state index in [9.17, 15) is 24.9 Å². The van der Waals surface area contributed by atoms with Gasteiger partial charge in [-0.05, 0) is 6.92 Å². The first-order valence-electron chi connectivity index (χ1n) is 4.89. The van der Waals surface area contributed by atoms with Crippen molar-refractivity contribution in [1.82, 2.24) is 9.55 Å². The summed E-state index contributed by atoms with van der Waals surface area (Å²) in [6.07, 6.45) is -3.32. The molecule has 0 bridgehead atoms. The molecule has 4 N–H and O–H groups in total. The van der Waals surface area contributed by atoms with Crippen molar-refractivity contribution in [2.75, 3.05) is 0 Å². The molecule has 1 fully saturated rings. The lowest BCUT2D eigenvalue weighted by Gasteiger charge is -2.26. The Balaban J connectivity index is 2.48. The smallest absolute Gasteiger partial charge is 0.330 e. The second-order valence-electron chi connectivity index (χ2n) is 4.07. The molecule has 8 nitrogen and oxygen atoms in total.